The molecule has 1 atom stereocenters. The van der Waals surface area contributed by atoms with Crippen molar-refractivity contribution >= 4 is 0 Å². The number of aliphatic hydroxyl groups is 1. The van der Waals surface area contributed by atoms with Gasteiger partial charge >= 0.3 is 5.92 Å². The summed E-state index contributed by atoms with van der Waals surface area (Å²) in [4.78, 5) is 3.66. The molecule has 7 nitrogen and oxygen atoms in total. The molecular formula is C19H15F4N5O2. The Morgan fingerprint density at radius 1 is 1.20 bits per heavy atom. The maximum absolute atomic E-state index is 15.5. The molecule has 0 saturated carbocycles. The molecule has 0 amide bonds. The fourth-order valence-corrected chi connectivity index (χ4v) is 2.72. The molecule has 11 heteroatoms. The van der Waals surface area contributed by atoms with Gasteiger partial charge in [-0.2, -0.15) is 8.78 Å². The Balaban J connectivity index is 2.03. The van der Waals surface area contributed by atoms with Crippen molar-refractivity contribution in [1.29, 1.82) is 0 Å². The minimum absolute atomic E-state index is 0.0396. The van der Waals surface area contributed by atoms with Crippen molar-refractivity contribution in [3.05, 3.63) is 65.7 Å². The molecule has 1 unspecified atom stereocenters. The van der Waals surface area contributed by atoms with Crippen molar-refractivity contribution in [2.75, 3.05) is 6.61 Å². The SMILES string of the molecule is CC#CCOc1ccc(C(F)(F)C(O)(Cn2cnnn2)c2ccc(F)cc2F)nc1. The number of pyridine rings is 1. The topological polar surface area (TPSA) is 86.0 Å². The van der Waals surface area contributed by atoms with E-state index in [1.807, 2.05) is 0 Å². The molecule has 0 spiro atoms. The van der Waals surface area contributed by atoms with Gasteiger partial charge in [-0.05, 0) is 41.6 Å². The summed E-state index contributed by atoms with van der Waals surface area (Å²) in [5, 5.41) is 21.1. The van der Waals surface area contributed by atoms with E-state index in [9.17, 15) is 13.9 Å². The predicted molar refractivity (Wildman–Crippen MR) is 95.1 cm³/mol. The number of tetrazole rings is 1. The summed E-state index contributed by atoms with van der Waals surface area (Å²) in [7, 11) is 0. The van der Waals surface area contributed by atoms with E-state index < -0.39 is 41.0 Å². The summed E-state index contributed by atoms with van der Waals surface area (Å²) in [5.41, 5.74) is -4.90. The van der Waals surface area contributed by atoms with Crippen LogP contribution in [0.15, 0.2) is 42.9 Å². The molecule has 0 aliphatic carbocycles. The van der Waals surface area contributed by atoms with Crippen LogP contribution in [0.1, 0.15) is 18.2 Å². The minimum Gasteiger partial charge on any atom is -0.479 e. The molecule has 1 N–H and O–H groups in total. The van der Waals surface area contributed by atoms with E-state index >= 15 is 8.78 Å². The molecule has 156 valence electrons. The summed E-state index contributed by atoms with van der Waals surface area (Å²) in [6.07, 6.45) is 2.00. The number of hydrogen-bond donors (Lipinski definition) is 1. The van der Waals surface area contributed by atoms with Crippen LogP contribution in [-0.4, -0.2) is 36.9 Å². The monoisotopic (exact) mass is 421 g/mol. The van der Waals surface area contributed by atoms with E-state index in [0.29, 0.717) is 6.07 Å². The van der Waals surface area contributed by atoms with Crippen LogP contribution in [0.3, 0.4) is 0 Å². The molecule has 3 rings (SSSR count). The molecule has 0 bridgehead atoms. The Hall–Kier alpha value is -3.52. The van der Waals surface area contributed by atoms with Gasteiger partial charge in [0.05, 0.1) is 12.7 Å². The lowest BCUT2D eigenvalue weighted by atomic mass is 9.84. The third-order valence-corrected chi connectivity index (χ3v) is 4.22. The second-order valence-electron chi connectivity index (χ2n) is 6.16. The minimum atomic E-state index is -4.13. The largest absolute Gasteiger partial charge is 0.479 e. The van der Waals surface area contributed by atoms with E-state index in [4.69, 9.17) is 4.74 Å². The highest BCUT2D eigenvalue weighted by atomic mass is 19.3. The Morgan fingerprint density at radius 3 is 2.60 bits per heavy atom. The van der Waals surface area contributed by atoms with Crippen LogP contribution in [0, 0.1) is 23.5 Å². The number of hydrogen-bond acceptors (Lipinski definition) is 6. The molecule has 0 fully saturated rings. The lowest BCUT2D eigenvalue weighted by Gasteiger charge is -2.35. The summed E-state index contributed by atoms with van der Waals surface area (Å²) in [6.45, 7) is 0.727. The van der Waals surface area contributed by atoms with Gasteiger partial charge in [-0.3, -0.25) is 4.98 Å². The number of aromatic nitrogens is 5. The maximum atomic E-state index is 15.5. The lowest BCUT2D eigenvalue weighted by molar-refractivity contribution is -0.207. The van der Waals surface area contributed by atoms with Gasteiger partial charge in [-0.25, -0.2) is 13.5 Å². The third kappa shape index (κ3) is 4.08. The van der Waals surface area contributed by atoms with Crippen molar-refractivity contribution < 1.29 is 27.4 Å². The van der Waals surface area contributed by atoms with E-state index in [-0.39, 0.29) is 12.4 Å². The summed E-state index contributed by atoms with van der Waals surface area (Å²) >= 11 is 0. The molecule has 3 aromatic rings. The average Bonchev–Trinajstić information content (AvgIpc) is 3.21. The molecule has 2 heterocycles. The Kier molecular flexibility index (Phi) is 5.98. The first-order valence-corrected chi connectivity index (χ1v) is 8.53. The van der Waals surface area contributed by atoms with Crippen LogP contribution in [0.4, 0.5) is 17.6 Å². The van der Waals surface area contributed by atoms with Crippen LogP contribution >= 0.6 is 0 Å². The van der Waals surface area contributed by atoms with Gasteiger partial charge in [-0.1, -0.05) is 5.92 Å². The quantitative estimate of drug-likeness (QED) is 0.466. The number of ether oxygens (including phenoxy) is 1. The number of nitrogens with zero attached hydrogens (tertiary/aromatic N) is 5. The van der Waals surface area contributed by atoms with Crippen molar-refractivity contribution in [2.24, 2.45) is 0 Å². The first kappa shape index (κ1) is 21.2. The molecule has 0 aliphatic heterocycles. The standard InChI is InChI=1S/C19H15F4N5O2/c1-2-3-8-30-14-5-7-17(24-10-14)19(22,23)18(29,11-28-12-25-26-27-28)15-6-4-13(20)9-16(15)21/h4-7,9-10,12,29H,8,11H2,1H3. The fraction of sp³-hybridized carbons (Fsp3) is 0.263. The van der Waals surface area contributed by atoms with E-state index in [1.54, 1.807) is 6.92 Å². The lowest BCUT2D eigenvalue weighted by Crippen LogP contribution is -2.48. The highest BCUT2D eigenvalue weighted by Gasteiger charge is 2.58. The highest BCUT2D eigenvalue weighted by molar-refractivity contribution is 5.32. The normalized spacial score (nSPS) is 13.3. The van der Waals surface area contributed by atoms with Gasteiger partial charge in [-0.15, -0.1) is 11.0 Å². The number of alkyl halides is 2. The van der Waals surface area contributed by atoms with Crippen LogP contribution < -0.4 is 4.74 Å². The van der Waals surface area contributed by atoms with Crippen molar-refractivity contribution in [1.82, 2.24) is 25.2 Å². The van der Waals surface area contributed by atoms with E-state index in [0.717, 1.165) is 35.4 Å². The fourth-order valence-electron chi connectivity index (χ4n) is 2.72. The number of benzene rings is 1. The van der Waals surface area contributed by atoms with Crippen molar-refractivity contribution in [2.45, 2.75) is 25.0 Å². The molecule has 2 aromatic heterocycles. The van der Waals surface area contributed by atoms with Crippen LogP contribution in [-0.2, 0) is 18.1 Å². The molecule has 1 aromatic carbocycles. The zero-order chi connectivity index (χ0) is 21.8. The van der Waals surface area contributed by atoms with E-state index in [1.165, 1.54) is 6.07 Å². The van der Waals surface area contributed by atoms with Gasteiger partial charge in [0.25, 0.3) is 0 Å². The zero-order valence-corrected chi connectivity index (χ0v) is 15.6. The Bertz CT molecular complexity index is 1060. The highest BCUT2D eigenvalue weighted by Crippen LogP contribution is 2.46. The summed E-state index contributed by atoms with van der Waals surface area (Å²) in [6, 6.07) is 4.05. The third-order valence-electron chi connectivity index (χ3n) is 4.22. The molecule has 0 saturated heterocycles. The average molecular weight is 421 g/mol. The van der Waals surface area contributed by atoms with Crippen molar-refractivity contribution in [3.63, 3.8) is 0 Å². The predicted octanol–water partition coefficient (Wildman–Crippen LogP) is 2.43. The molecule has 0 radical (unpaired) electrons. The first-order chi connectivity index (χ1) is 14.3. The van der Waals surface area contributed by atoms with Crippen LogP contribution in [0.2, 0.25) is 0 Å². The molecule has 30 heavy (non-hydrogen) atoms. The van der Waals surface area contributed by atoms with Gasteiger partial charge in [0.2, 0.25) is 0 Å². The second kappa shape index (κ2) is 8.46. The number of rotatable bonds is 7. The summed E-state index contributed by atoms with van der Waals surface area (Å²) in [5.74, 6) is -1.04. The van der Waals surface area contributed by atoms with Gasteiger partial charge in [0, 0.05) is 11.6 Å². The Labute approximate surface area is 168 Å². The maximum Gasteiger partial charge on any atom is 0.323 e. The van der Waals surface area contributed by atoms with Gasteiger partial charge in [0.15, 0.2) is 5.60 Å². The Morgan fingerprint density at radius 2 is 2.00 bits per heavy atom. The van der Waals surface area contributed by atoms with Crippen molar-refractivity contribution in [3.8, 4) is 17.6 Å². The smallest absolute Gasteiger partial charge is 0.323 e. The van der Waals surface area contributed by atoms with Gasteiger partial charge in [0.1, 0.15) is 36.0 Å². The molecular weight excluding hydrogens is 406 g/mol. The zero-order valence-electron chi connectivity index (χ0n) is 15.6. The second-order valence-corrected chi connectivity index (χ2v) is 6.16. The number of halogens is 4. The molecule has 0 aliphatic rings. The van der Waals surface area contributed by atoms with Crippen LogP contribution in [0.5, 0.6) is 5.75 Å². The first-order valence-electron chi connectivity index (χ1n) is 8.53. The summed E-state index contributed by atoms with van der Waals surface area (Å²) < 4.78 is 64.7. The van der Waals surface area contributed by atoms with Crippen LogP contribution in [0.25, 0.3) is 0 Å². The van der Waals surface area contributed by atoms with Gasteiger partial charge < -0.3 is 9.84 Å². The van der Waals surface area contributed by atoms with E-state index in [2.05, 4.69) is 32.4 Å².